The van der Waals surface area contributed by atoms with Gasteiger partial charge in [-0.15, -0.1) is 0 Å². The molecular formula is C14H20N4O3. The Bertz CT molecular complexity index is 503. The number of hydrogen-bond acceptors (Lipinski definition) is 4. The number of rotatable bonds is 8. The molecule has 1 saturated carbocycles. The van der Waals surface area contributed by atoms with Gasteiger partial charge in [0.05, 0.1) is 17.8 Å². The Morgan fingerprint density at radius 3 is 2.81 bits per heavy atom. The van der Waals surface area contributed by atoms with E-state index >= 15 is 0 Å². The van der Waals surface area contributed by atoms with Crippen molar-refractivity contribution in [3.8, 4) is 0 Å². The van der Waals surface area contributed by atoms with Crippen LogP contribution in [0.3, 0.4) is 0 Å². The summed E-state index contributed by atoms with van der Waals surface area (Å²) in [4.78, 5) is 26.4. The SMILES string of the molecule is O=C(NCCCNC1CC1)NCc1cc(C(=O)O)ccn1. The monoisotopic (exact) mass is 292 g/mol. The minimum atomic E-state index is -1.01. The van der Waals surface area contributed by atoms with E-state index in [9.17, 15) is 9.59 Å². The van der Waals surface area contributed by atoms with E-state index in [4.69, 9.17) is 5.11 Å². The van der Waals surface area contributed by atoms with Gasteiger partial charge in [-0.05, 0) is 37.9 Å². The molecule has 1 fully saturated rings. The standard InChI is InChI=1S/C14H20N4O3/c19-13(20)10-4-7-16-12(8-10)9-18-14(21)17-6-1-5-15-11-2-3-11/h4,7-8,11,15H,1-3,5-6,9H2,(H,19,20)(H2,17,18,21). The summed E-state index contributed by atoms with van der Waals surface area (Å²) in [6.07, 6.45) is 4.82. The lowest BCUT2D eigenvalue weighted by Crippen LogP contribution is -2.36. The molecule has 4 N–H and O–H groups in total. The second-order valence-corrected chi connectivity index (χ2v) is 5.03. The first-order valence-corrected chi connectivity index (χ1v) is 7.08. The van der Waals surface area contributed by atoms with Gasteiger partial charge in [0.15, 0.2) is 0 Å². The highest BCUT2D eigenvalue weighted by atomic mass is 16.4. The van der Waals surface area contributed by atoms with Gasteiger partial charge in [0.1, 0.15) is 0 Å². The van der Waals surface area contributed by atoms with Gasteiger partial charge < -0.3 is 21.1 Å². The second kappa shape index (κ2) is 7.58. The fourth-order valence-corrected chi connectivity index (χ4v) is 1.83. The van der Waals surface area contributed by atoms with Crippen molar-refractivity contribution in [2.75, 3.05) is 13.1 Å². The smallest absolute Gasteiger partial charge is 0.335 e. The van der Waals surface area contributed by atoms with Crippen LogP contribution in [-0.2, 0) is 6.54 Å². The number of hydrogen-bond donors (Lipinski definition) is 4. The summed E-state index contributed by atoms with van der Waals surface area (Å²) in [6.45, 7) is 1.72. The summed E-state index contributed by atoms with van der Waals surface area (Å²) in [5.41, 5.74) is 0.675. The maximum absolute atomic E-state index is 11.6. The Labute approximate surface area is 123 Å². The van der Waals surface area contributed by atoms with Gasteiger partial charge in [-0.3, -0.25) is 4.98 Å². The zero-order valence-electron chi connectivity index (χ0n) is 11.8. The predicted octanol–water partition coefficient (Wildman–Crippen LogP) is 0.721. The van der Waals surface area contributed by atoms with Crippen LogP contribution in [0.1, 0.15) is 35.3 Å². The predicted molar refractivity (Wildman–Crippen MR) is 77.1 cm³/mol. The van der Waals surface area contributed by atoms with Crippen LogP contribution in [0.4, 0.5) is 4.79 Å². The van der Waals surface area contributed by atoms with Crippen LogP contribution in [0, 0.1) is 0 Å². The summed E-state index contributed by atoms with van der Waals surface area (Å²) in [5, 5.41) is 17.6. The molecule has 1 aliphatic rings. The molecule has 7 heteroatoms. The molecule has 0 spiro atoms. The highest BCUT2D eigenvalue weighted by Gasteiger charge is 2.19. The zero-order chi connectivity index (χ0) is 15.1. The number of carbonyl (C=O) groups is 2. The van der Waals surface area contributed by atoms with Crippen LogP contribution >= 0.6 is 0 Å². The van der Waals surface area contributed by atoms with E-state index in [1.165, 1.54) is 31.2 Å². The maximum atomic E-state index is 11.6. The molecule has 1 aromatic heterocycles. The molecule has 1 aliphatic carbocycles. The van der Waals surface area contributed by atoms with Crippen LogP contribution in [0.25, 0.3) is 0 Å². The van der Waals surface area contributed by atoms with Crippen molar-refractivity contribution in [1.82, 2.24) is 20.9 Å². The molecular weight excluding hydrogens is 272 g/mol. The van der Waals surface area contributed by atoms with Gasteiger partial charge >= 0.3 is 12.0 Å². The molecule has 0 unspecified atom stereocenters. The van der Waals surface area contributed by atoms with E-state index in [0.717, 1.165) is 13.0 Å². The van der Waals surface area contributed by atoms with Gasteiger partial charge in [0.2, 0.25) is 0 Å². The number of carboxylic acid groups (broad SMARTS) is 1. The lowest BCUT2D eigenvalue weighted by molar-refractivity contribution is 0.0696. The van der Waals surface area contributed by atoms with Gasteiger partial charge in [0.25, 0.3) is 0 Å². The summed E-state index contributed by atoms with van der Waals surface area (Å²) in [6, 6.07) is 3.27. The Balaban J connectivity index is 1.61. The van der Waals surface area contributed by atoms with Crippen LogP contribution in [-0.4, -0.2) is 41.2 Å². The van der Waals surface area contributed by atoms with Crippen molar-refractivity contribution in [2.24, 2.45) is 0 Å². The third kappa shape index (κ3) is 5.78. The molecule has 114 valence electrons. The number of pyridine rings is 1. The maximum Gasteiger partial charge on any atom is 0.335 e. The normalized spacial score (nSPS) is 13.7. The first-order chi connectivity index (χ1) is 10.1. The minimum absolute atomic E-state index is 0.161. The average Bonchev–Trinajstić information content (AvgIpc) is 3.29. The Morgan fingerprint density at radius 1 is 1.29 bits per heavy atom. The molecule has 1 aromatic rings. The van der Waals surface area contributed by atoms with Gasteiger partial charge in [0, 0.05) is 18.8 Å². The molecule has 7 nitrogen and oxygen atoms in total. The van der Waals surface area contributed by atoms with Crippen molar-refractivity contribution in [3.63, 3.8) is 0 Å². The van der Waals surface area contributed by atoms with Crippen molar-refractivity contribution in [2.45, 2.75) is 31.8 Å². The second-order valence-electron chi connectivity index (χ2n) is 5.03. The first kappa shape index (κ1) is 15.2. The Morgan fingerprint density at radius 2 is 2.10 bits per heavy atom. The molecule has 0 aliphatic heterocycles. The summed E-state index contributed by atoms with van der Waals surface area (Å²) in [7, 11) is 0. The van der Waals surface area contributed by atoms with Crippen molar-refractivity contribution in [1.29, 1.82) is 0 Å². The molecule has 0 bridgehead atoms. The number of carbonyl (C=O) groups excluding carboxylic acids is 1. The van der Waals surface area contributed by atoms with E-state index in [1.807, 2.05) is 0 Å². The Hall–Kier alpha value is -2.15. The molecule has 0 radical (unpaired) electrons. The third-order valence-corrected chi connectivity index (χ3v) is 3.14. The number of urea groups is 1. The molecule has 0 saturated heterocycles. The molecule has 1 heterocycles. The molecule has 0 atom stereocenters. The lowest BCUT2D eigenvalue weighted by Gasteiger charge is -2.08. The number of nitrogens with one attached hydrogen (secondary N) is 3. The van der Waals surface area contributed by atoms with Gasteiger partial charge in [-0.1, -0.05) is 0 Å². The number of carboxylic acids is 1. The third-order valence-electron chi connectivity index (χ3n) is 3.14. The van der Waals surface area contributed by atoms with Crippen molar-refractivity contribution >= 4 is 12.0 Å². The highest BCUT2D eigenvalue weighted by molar-refractivity contribution is 5.87. The molecule has 2 amide bonds. The van der Waals surface area contributed by atoms with E-state index in [-0.39, 0.29) is 18.1 Å². The largest absolute Gasteiger partial charge is 0.478 e. The van der Waals surface area contributed by atoms with Gasteiger partial charge in [-0.25, -0.2) is 9.59 Å². The summed E-state index contributed by atoms with van der Waals surface area (Å²) in [5.74, 6) is -1.01. The van der Waals surface area contributed by atoms with E-state index in [0.29, 0.717) is 18.3 Å². The van der Waals surface area contributed by atoms with Crippen LogP contribution < -0.4 is 16.0 Å². The number of aromatic carboxylic acids is 1. The van der Waals surface area contributed by atoms with Crippen molar-refractivity contribution < 1.29 is 14.7 Å². The summed E-state index contributed by atoms with van der Waals surface area (Å²) < 4.78 is 0. The van der Waals surface area contributed by atoms with Crippen LogP contribution in [0.5, 0.6) is 0 Å². The number of amides is 2. The summed E-state index contributed by atoms with van der Waals surface area (Å²) >= 11 is 0. The van der Waals surface area contributed by atoms with Crippen LogP contribution in [0.15, 0.2) is 18.3 Å². The van der Waals surface area contributed by atoms with E-state index in [1.54, 1.807) is 0 Å². The van der Waals surface area contributed by atoms with Crippen molar-refractivity contribution in [3.05, 3.63) is 29.6 Å². The molecule has 0 aromatic carbocycles. The Kier molecular flexibility index (Phi) is 5.51. The fourth-order valence-electron chi connectivity index (χ4n) is 1.83. The first-order valence-electron chi connectivity index (χ1n) is 7.08. The molecule has 2 rings (SSSR count). The average molecular weight is 292 g/mol. The topological polar surface area (TPSA) is 103 Å². The van der Waals surface area contributed by atoms with Gasteiger partial charge in [-0.2, -0.15) is 0 Å². The number of aromatic nitrogens is 1. The van der Waals surface area contributed by atoms with E-state index in [2.05, 4.69) is 20.9 Å². The lowest BCUT2D eigenvalue weighted by atomic mass is 10.2. The fraction of sp³-hybridized carbons (Fsp3) is 0.500. The van der Waals surface area contributed by atoms with Crippen LogP contribution in [0.2, 0.25) is 0 Å². The quantitative estimate of drug-likeness (QED) is 0.529. The zero-order valence-corrected chi connectivity index (χ0v) is 11.8. The number of nitrogens with zero attached hydrogens (tertiary/aromatic N) is 1. The van der Waals surface area contributed by atoms with E-state index < -0.39 is 5.97 Å². The highest BCUT2D eigenvalue weighted by Crippen LogP contribution is 2.18. The molecule has 21 heavy (non-hydrogen) atoms. The minimum Gasteiger partial charge on any atom is -0.478 e.